The summed E-state index contributed by atoms with van der Waals surface area (Å²) in [6.45, 7) is 2.18. The number of para-hydroxylation sites is 2. The fraction of sp³-hybridized carbons (Fsp3) is 0.0392. The van der Waals surface area contributed by atoms with E-state index in [1.165, 1.54) is 38.1 Å². The van der Waals surface area contributed by atoms with Gasteiger partial charge in [-0.1, -0.05) is 124 Å². The van der Waals surface area contributed by atoms with Crippen LogP contribution in [0, 0.1) is 18.4 Å². The predicted molar refractivity (Wildman–Crippen MR) is 232 cm³/mol. The quantitative estimate of drug-likeness (QED) is 0.150. The van der Waals surface area contributed by atoms with E-state index in [4.69, 9.17) is 4.98 Å². The summed E-state index contributed by atoms with van der Waals surface area (Å²) in [7, 11) is 0. The van der Waals surface area contributed by atoms with Crippen LogP contribution in [0.4, 0.5) is 0 Å². The molecule has 6 aromatic carbocycles. The van der Waals surface area contributed by atoms with Crippen molar-refractivity contribution in [3.05, 3.63) is 217 Å². The maximum Gasteiger partial charge on any atom is 0.0774 e. The third-order valence-corrected chi connectivity index (χ3v) is 10.7. The number of thiophene rings is 1. The van der Waals surface area contributed by atoms with Crippen molar-refractivity contribution >= 4 is 32.5 Å². The van der Waals surface area contributed by atoms with Gasteiger partial charge < -0.3 is 9.55 Å². The summed E-state index contributed by atoms with van der Waals surface area (Å²) >= 11 is 1.65. The molecule has 4 heterocycles. The third kappa shape index (κ3) is 8.03. The van der Waals surface area contributed by atoms with E-state index in [1.54, 1.807) is 17.5 Å². The molecule has 277 valence electrons. The van der Waals surface area contributed by atoms with Gasteiger partial charge in [0.1, 0.15) is 0 Å². The molecule has 10 aromatic rings. The normalized spacial score (nSPS) is 10.8. The van der Waals surface area contributed by atoms with Crippen LogP contribution < -0.4 is 0 Å². The summed E-state index contributed by atoms with van der Waals surface area (Å²) < 4.78 is 3.56. The van der Waals surface area contributed by atoms with E-state index in [2.05, 4.69) is 154 Å². The van der Waals surface area contributed by atoms with Crippen LogP contribution in [0.3, 0.4) is 0 Å². The van der Waals surface area contributed by atoms with Crippen LogP contribution >= 0.6 is 11.3 Å². The van der Waals surface area contributed by atoms with E-state index in [0.29, 0.717) is 0 Å². The average Bonchev–Trinajstić information content (AvgIpc) is 3.86. The maximum atomic E-state index is 5.31. The van der Waals surface area contributed by atoms with E-state index < -0.39 is 0 Å². The molecule has 4 nitrogen and oxygen atoms in total. The van der Waals surface area contributed by atoms with E-state index >= 15 is 0 Å². The summed E-state index contributed by atoms with van der Waals surface area (Å²) in [6.07, 6.45) is 4.42. The Morgan fingerprint density at radius 2 is 1.30 bits per heavy atom. The standard InChI is InChI=1S/C40H28N3S.C11H8N.Ir/c1-27-22-32(29-12-4-2-5-13-29)39(33(23-27)30-14-6-3-7-15-30)43-37-18-9-8-17-36(37)42-40(43)35-26-44-38-20-19-28(25-34(35)38)24-31-16-10-11-21-41-31;1-2-6-10(7-3-1)11-8-4-5-9-12-11;/h2-23,25H,24H2,1H3;1-6,8-9H;/q2*-1;. The van der Waals surface area contributed by atoms with Crippen molar-refractivity contribution in [1.29, 1.82) is 0 Å². The molecular formula is C51H36IrN4S-2. The number of imidazole rings is 1. The molecule has 0 saturated carbocycles. The Morgan fingerprint density at radius 1 is 0.632 bits per heavy atom. The van der Waals surface area contributed by atoms with Crippen molar-refractivity contribution < 1.29 is 20.1 Å². The number of rotatable bonds is 7. The monoisotopic (exact) mass is 929 g/mol. The zero-order chi connectivity index (χ0) is 37.7. The van der Waals surface area contributed by atoms with Crippen molar-refractivity contribution in [3.63, 3.8) is 0 Å². The van der Waals surface area contributed by atoms with Gasteiger partial charge in [0.2, 0.25) is 0 Å². The summed E-state index contributed by atoms with van der Waals surface area (Å²) in [4.78, 5) is 14.1. The van der Waals surface area contributed by atoms with Gasteiger partial charge in [-0.2, -0.15) is 0 Å². The van der Waals surface area contributed by atoms with Gasteiger partial charge in [0.05, 0.1) is 22.5 Å². The van der Waals surface area contributed by atoms with Crippen LogP contribution in [0.2, 0.25) is 0 Å². The first kappa shape index (κ1) is 37.6. The zero-order valence-corrected chi connectivity index (χ0v) is 34.3. The SMILES string of the molecule is Cc1cc(-c2ccccc2)c(-n2c(-c3[c-]sc4ccc(Cc5ccccn5)cc34)nc3ccccc32)c(-c2ccccc2)c1.[Ir].[c-]1ccccc1-c1ccccn1. The Balaban J connectivity index is 0.000000300. The van der Waals surface area contributed by atoms with E-state index in [-0.39, 0.29) is 20.1 Å². The second-order valence-electron chi connectivity index (χ2n) is 13.6. The van der Waals surface area contributed by atoms with Gasteiger partial charge in [-0.05, 0) is 71.8 Å². The van der Waals surface area contributed by atoms with Crippen LogP contribution in [0.15, 0.2) is 188 Å². The van der Waals surface area contributed by atoms with Gasteiger partial charge in [-0.15, -0.1) is 47.3 Å². The molecule has 10 rings (SSSR count). The number of aryl methyl sites for hydroxylation is 1. The van der Waals surface area contributed by atoms with Crippen molar-refractivity contribution in [3.8, 4) is 50.6 Å². The molecule has 57 heavy (non-hydrogen) atoms. The van der Waals surface area contributed by atoms with Gasteiger partial charge >= 0.3 is 0 Å². The van der Waals surface area contributed by atoms with Gasteiger partial charge in [0.15, 0.2) is 0 Å². The Kier molecular flexibility index (Phi) is 11.4. The van der Waals surface area contributed by atoms with Crippen LogP contribution in [0.5, 0.6) is 0 Å². The molecule has 0 aliphatic rings. The Hall–Kier alpha value is -6.30. The van der Waals surface area contributed by atoms with E-state index in [9.17, 15) is 0 Å². The van der Waals surface area contributed by atoms with Crippen molar-refractivity contribution in [2.45, 2.75) is 13.3 Å². The minimum absolute atomic E-state index is 0. The second kappa shape index (κ2) is 17.2. The fourth-order valence-electron chi connectivity index (χ4n) is 7.20. The first-order chi connectivity index (χ1) is 27.7. The van der Waals surface area contributed by atoms with Crippen molar-refractivity contribution in [1.82, 2.24) is 19.5 Å². The van der Waals surface area contributed by atoms with Crippen molar-refractivity contribution in [2.24, 2.45) is 0 Å². The molecule has 0 fully saturated rings. The number of hydrogen-bond acceptors (Lipinski definition) is 4. The largest absolute Gasteiger partial charge is 0.332 e. The average molecular weight is 929 g/mol. The minimum atomic E-state index is 0. The third-order valence-electron chi connectivity index (χ3n) is 9.77. The van der Waals surface area contributed by atoms with Crippen LogP contribution in [-0.2, 0) is 26.5 Å². The second-order valence-corrected chi connectivity index (χ2v) is 14.4. The topological polar surface area (TPSA) is 43.6 Å². The molecule has 6 heteroatoms. The summed E-state index contributed by atoms with van der Waals surface area (Å²) in [6, 6.07) is 64.0. The molecule has 0 saturated heterocycles. The van der Waals surface area contributed by atoms with Gasteiger partial charge in [-0.25, -0.2) is 0 Å². The number of pyridine rings is 2. The molecule has 0 atom stereocenters. The molecule has 0 aliphatic heterocycles. The first-order valence-electron chi connectivity index (χ1n) is 18.6. The number of benzene rings is 6. The molecule has 0 bridgehead atoms. The van der Waals surface area contributed by atoms with Crippen LogP contribution in [0.1, 0.15) is 16.8 Å². The van der Waals surface area contributed by atoms with E-state index in [1.807, 2.05) is 60.8 Å². The molecule has 0 unspecified atom stereocenters. The smallest absolute Gasteiger partial charge is 0.0774 e. The number of nitrogens with zero attached hydrogens (tertiary/aromatic N) is 4. The fourth-order valence-corrected chi connectivity index (χ4v) is 8.02. The van der Waals surface area contributed by atoms with Gasteiger partial charge in [-0.3, -0.25) is 21.3 Å². The van der Waals surface area contributed by atoms with E-state index in [0.717, 1.165) is 56.9 Å². The summed E-state index contributed by atoms with van der Waals surface area (Å²) in [5, 5.41) is 4.83. The molecule has 0 N–H and O–H groups in total. The minimum Gasteiger partial charge on any atom is -0.332 e. The first-order valence-corrected chi connectivity index (χ1v) is 19.5. The molecule has 0 aliphatic carbocycles. The number of aromatic nitrogens is 4. The number of fused-ring (bicyclic) bond motifs is 2. The molecular weight excluding hydrogens is 893 g/mol. The number of hydrogen-bond donors (Lipinski definition) is 0. The molecule has 0 spiro atoms. The van der Waals surface area contributed by atoms with Gasteiger partial charge in [0, 0.05) is 55.7 Å². The Labute approximate surface area is 350 Å². The summed E-state index contributed by atoms with van der Waals surface area (Å²) in [5.41, 5.74) is 14.3. The Bertz CT molecular complexity index is 2780. The molecule has 0 amide bonds. The maximum absolute atomic E-state index is 5.31. The predicted octanol–water partition coefficient (Wildman–Crippen LogP) is 12.9. The van der Waals surface area contributed by atoms with Crippen LogP contribution in [0.25, 0.3) is 71.7 Å². The van der Waals surface area contributed by atoms with Crippen molar-refractivity contribution in [2.75, 3.05) is 0 Å². The Morgan fingerprint density at radius 3 is 1.96 bits per heavy atom. The van der Waals surface area contributed by atoms with Gasteiger partial charge in [0.25, 0.3) is 0 Å². The zero-order valence-electron chi connectivity index (χ0n) is 31.1. The van der Waals surface area contributed by atoms with Crippen LogP contribution in [-0.4, -0.2) is 19.5 Å². The summed E-state index contributed by atoms with van der Waals surface area (Å²) in [5.74, 6) is 0.894. The molecule has 1 radical (unpaired) electrons. The molecule has 4 aromatic heterocycles.